The van der Waals surface area contributed by atoms with E-state index in [4.69, 9.17) is 26.5 Å². The predicted molar refractivity (Wildman–Crippen MR) is 310 cm³/mol. The Bertz CT molecular complexity index is 3920. The van der Waals surface area contributed by atoms with E-state index in [2.05, 4.69) is 104 Å². The number of fused-ring (bicyclic) bond motifs is 3. The number of nitrogens with zero attached hydrogens (tertiary/aromatic N) is 15. The van der Waals surface area contributed by atoms with Crippen LogP contribution < -0.4 is 22.7 Å². The maximum absolute atomic E-state index is 6.08. The molecule has 3 aromatic carbocycles. The molecule has 20 nitrogen and oxygen atoms in total. The Balaban J connectivity index is 0.000000120. The van der Waals surface area contributed by atoms with E-state index >= 15 is 0 Å². The Labute approximate surface area is 463 Å². The number of halogens is 1. The minimum absolute atomic E-state index is 0.283. The summed E-state index contributed by atoms with van der Waals surface area (Å²) in [4.78, 5) is 26.2. The highest BCUT2D eigenvalue weighted by Crippen LogP contribution is 2.38. The third kappa shape index (κ3) is 11.1. The van der Waals surface area contributed by atoms with Crippen LogP contribution in [0.3, 0.4) is 0 Å². The molecule has 0 amide bonds. The molecule has 22 heteroatoms. The van der Waals surface area contributed by atoms with Gasteiger partial charge in [-0.1, -0.05) is 91.0 Å². The van der Waals surface area contributed by atoms with Crippen molar-refractivity contribution in [2.75, 3.05) is 17.2 Å². The minimum atomic E-state index is -0.285. The lowest BCUT2D eigenvalue weighted by molar-refractivity contribution is 0.00578. The summed E-state index contributed by atoms with van der Waals surface area (Å²) in [5, 5.41) is 24.3. The summed E-state index contributed by atoms with van der Waals surface area (Å²) in [7, 11) is -0.285. The molecule has 9 aromatic heterocycles. The smallest absolute Gasteiger partial charge is 0.399 e. The summed E-state index contributed by atoms with van der Waals surface area (Å²) >= 11 is 3.49. The maximum Gasteiger partial charge on any atom is 0.494 e. The fraction of sp³-hybridized carbons (Fsp3) is 0.158. The SMILES string of the molecule is Cc1cc(-c2c(-c3ccccc3)nc(N)n3cnnc23)ccn1.Cc1cc(-c2c(-c3ccccc3)nc(N)n3cnnc23)ccn1.Cc1cc(B2OC(C)(C)C(C)(C)O2)ccn1.Nc1nc(-c2ccccc2)c(Br)c2nncn12. The summed E-state index contributed by atoms with van der Waals surface area (Å²) in [5.74, 6) is 1.09. The molecule has 0 unspecified atom stereocenters. The van der Waals surface area contributed by atoms with Gasteiger partial charge in [0.25, 0.3) is 0 Å². The lowest BCUT2D eigenvalue weighted by Gasteiger charge is -2.32. The Morgan fingerprint density at radius 3 is 1.20 bits per heavy atom. The molecule has 0 spiro atoms. The standard InChI is InChI=1S/2C17H14N6.C12H18BNO2.C11H8BrN5/c2*1-11-9-13(7-8-19-11)14-15(12-5-3-2-4-6-12)21-17(18)23-10-20-22-16(14)23;1-9-8-10(6-7-14-9)13-15-11(2,3)12(4,5)16-13;12-8-9(7-4-2-1-3-5-7)15-11(13)17-6-14-16-10(8)17/h2*2-10H,1H3,(H2,18,21);6-8H,1-5H3;1-6H,(H2,13,15). The van der Waals surface area contributed by atoms with Crippen molar-refractivity contribution in [2.24, 2.45) is 0 Å². The van der Waals surface area contributed by atoms with Crippen LogP contribution in [0.4, 0.5) is 17.8 Å². The third-order valence-corrected chi connectivity index (χ3v) is 14.1. The van der Waals surface area contributed by atoms with E-state index in [1.807, 2.05) is 148 Å². The fourth-order valence-electron chi connectivity index (χ4n) is 8.71. The van der Waals surface area contributed by atoms with E-state index in [-0.39, 0.29) is 18.3 Å². The van der Waals surface area contributed by atoms with Gasteiger partial charge in [-0.3, -0.25) is 28.2 Å². The van der Waals surface area contributed by atoms with Crippen molar-refractivity contribution in [3.63, 3.8) is 0 Å². The molecular weight excluding hydrogens is 1060 g/mol. The van der Waals surface area contributed by atoms with Crippen molar-refractivity contribution < 1.29 is 9.31 Å². The second-order valence-electron chi connectivity index (χ2n) is 19.4. The quantitative estimate of drug-likeness (QED) is 0.131. The van der Waals surface area contributed by atoms with E-state index in [0.29, 0.717) is 34.8 Å². The normalized spacial score (nSPS) is 13.3. The van der Waals surface area contributed by atoms with Gasteiger partial charge in [0.15, 0.2) is 16.9 Å². The lowest BCUT2D eigenvalue weighted by Crippen LogP contribution is -2.41. The van der Waals surface area contributed by atoms with Crippen molar-refractivity contribution in [2.45, 2.75) is 59.7 Å². The number of nitrogen functional groups attached to an aromatic ring is 3. The third-order valence-electron chi connectivity index (χ3n) is 13.3. The molecule has 0 radical (unpaired) electrons. The molecule has 1 saturated heterocycles. The summed E-state index contributed by atoms with van der Waals surface area (Å²) in [6.07, 6.45) is 10.0. The molecule has 0 bridgehead atoms. The van der Waals surface area contributed by atoms with Crippen LogP contribution in [0.2, 0.25) is 0 Å². The van der Waals surface area contributed by atoms with Crippen LogP contribution in [0, 0.1) is 20.8 Å². The molecule has 79 heavy (non-hydrogen) atoms. The number of anilines is 3. The minimum Gasteiger partial charge on any atom is -0.399 e. The van der Waals surface area contributed by atoms with Crippen LogP contribution >= 0.6 is 15.9 Å². The molecule has 394 valence electrons. The first-order valence-corrected chi connectivity index (χ1v) is 25.8. The Hall–Kier alpha value is -9.38. The highest BCUT2D eigenvalue weighted by Gasteiger charge is 2.51. The van der Waals surface area contributed by atoms with Gasteiger partial charge >= 0.3 is 7.12 Å². The number of hydrogen-bond acceptors (Lipinski definition) is 17. The molecule has 12 aromatic rings. The van der Waals surface area contributed by atoms with E-state index in [9.17, 15) is 0 Å². The molecule has 10 heterocycles. The zero-order valence-corrected chi connectivity index (χ0v) is 45.9. The van der Waals surface area contributed by atoms with Crippen molar-refractivity contribution >= 4 is 63.3 Å². The van der Waals surface area contributed by atoms with Crippen molar-refractivity contribution in [3.05, 3.63) is 187 Å². The fourth-order valence-corrected chi connectivity index (χ4v) is 9.29. The van der Waals surface area contributed by atoms with Gasteiger partial charge in [0.1, 0.15) is 19.0 Å². The monoisotopic (exact) mass is 1110 g/mol. The second kappa shape index (κ2) is 22.3. The molecule has 0 saturated carbocycles. The molecule has 1 aliphatic rings. The average molecular weight is 1110 g/mol. The number of rotatable bonds is 6. The van der Waals surface area contributed by atoms with Gasteiger partial charge in [0.05, 0.1) is 43.9 Å². The molecule has 13 rings (SSSR count). The van der Waals surface area contributed by atoms with Gasteiger partial charge in [-0.2, -0.15) is 0 Å². The number of aromatic nitrogens is 15. The highest BCUT2D eigenvalue weighted by atomic mass is 79.9. The first-order valence-electron chi connectivity index (χ1n) is 25.0. The van der Waals surface area contributed by atoms with Crippen LogP contribution in [-0.2, 0) is 9.31 Å². The zero-order chi connectivity index (χ0) is 55.4. The molecule has 1 aliphatic heterocycles. The zero-order valence-electron chi connectivity index (χ0n) is 44.3. The largest absolute Gasteiger partial charge is 0.494 e. The summed E-state index contributed by atoms with van der Waals surface area (Å²) in [6, 6.07) is 41.5. The van der Waals surface area contributed by atoms with Gasteiger partial charge < -0.3 is 26.5 Å². The number of hydrogen-bond donors (Lipinski definition) is 3. The van der Waals surface area contributed by atoms with E-state index in [1.54, 1.807) is 44.4 Å². The molecule has 1 fully saturated rings. The second-order valence-corrected chi connectivity index (χ2v) is 20.2. The number of nitrogens with two attached hydrogens (primary N) is 3. The van der Waals surface area contributed by atoms with E-state index < -0.39 is 0 Å². The molecular formula is C57H54BBrN18O2. The lowest BCUT2D eigenvalue weighted by atomic mass is 9.79. The number of pyridine rings is 3. The van der Waals surface area contributed by atoms with Crippen LogP contribution in [-0.4, -0.2) is 92.0 Å². The first kappa shape index (κ1) is 53.0. The number of benzene rings is 3. The summed E-state index contributed by atoms with van der Waals surface area (Å²) < 4.78 is 17.7. The van der Waals surface area contributed by atoms with Crippen molar-refractivity contribution in [3.8, 4) is 56.0 Å². The Kier molecular flexibility index (Phi) is 15.0. The van der Waals surface area contributed by atoms with Gasteiger partial charge in [-0.15, -0.1) is 30.6 Å². The highest BCUT2D eigenvalue weighted by molar-refractivity contribution is 9.10. The summed E-state index contributed by atoms with van der Waals surface area (Å²) in [6.45, 7) is 14.1. The van der Waals surface area contributed by atoms with Crippen LogP contribution in [0.25, 0.3) is 73.0 Å². The van der Waals surface area contributed by atoms with Crippen LogP contribution in [0.5, 0.6) is 0 Å². The van der Waals surface area contributed by atoms with Gasteiger partial charge in [-0.05, 0) is 117 Å². The molecule has 6 N–H and O–H groups in total. The molecule has 0 atom stereocenters. The van der Waals surface area contributed by atoms with Gasteiger partial charge in [0.2, 0.25) is 17.8 Å². The van der Waals surface area contributed by atoms with Crippen molar-refractivity contribution in [1.82, 2.24) is 73.7 Å². The molecule has 0 aliphatic carbocycles. The van der Waals surface area contributed by atoms with Crippen molar-refractivity contribution in [1.29, 1.82) is 0 Å². The van der Waals surface area contributed by atoms with Gasteiger partial charge in [0, 0.05) is 52.4 Å². The Morgan fingerprint density at radius 2 is 0.797 bits per heavy atom. The topological polar surface area (TPSA) is 264 Å². The number of aryl methyl sites for hydroxylation is 3. The predicted octanol–water partition coefficient (Wildman–Crippen LogP) is 9.31. The van der Waals surface area contributed by atoms with Gasteiger partial charge in [-0.25, -0.2) is 15.0 Å². The van der Waals surface area contributed by atoms with Crippen LogP contribution in [0.1, 0.15) is 44.8 Å². The maximum atomic E-state index is 6.08. The average Bonchev–Trinajstić information content (AvgIpc) is 4.36. The van der Waals surface area contributed by atoms with E-state index in [0.717, 1.165) is 83.0 Å². The van der Waals surface area contributed by atoms with Crippen LogP contribution in [0.15, 0.2) is 169 Å². The first-order chi connectivity index (χ1) is 38.1. The summed E-state index contributed by atoms with van der Waals surface area (Å²) in [5.41, 5.74) is 32.4. The Morgan fingerprint density at radius 1 is 0.443 bits per heavy atom. The van der Waals surface area contributed by atoms with E-state index in [1.165, 1.54) is 6.33 Å².